The fourth-order valence-electron chi connectivity index (χ4n) is 3.70. The number of benzene rings is 1. The first-order valence-corrected chi connectivity index (χ1v) is 9.85. The van der Waals surface area contributed by atoms with Crippen molar-refractivity contribution >= 4 is 5.91 Å². The fraction of sp³-hybridized carbons (Fsp3) is 0.500. The molecule has 0 bridgehead atoms. The molecule has 2 saturated heterocycles. The van der Waals surface area contributed by atoms with Gasteiger partial charge in [-0.3, -0.25) is 15.1 Å². The maximum atomic E-state index is 12.8. The number of aryl methyl sites for hydroxylation is 1. The molecule has 2 unspecified atom stereocenters. The number of rotatable bonds is 6. The molecule has 3 heterocycles. The van der Waals surface area contributed by atoms with Crippen LogP contribution >= 0.6 is 0 Å². The highest BCUT2D eigenvalue weighted by molar-refractivity contribution is 5.82. The van der Waals surface area contributed by atoms with Crippen LogP contribution in [0.15, 0.2) is 42.7 Å². The van der Waals surface area contributed by atoms with Gasteiger partial charge in [0.15, 0.2) is 0 Å². The number of amides is 1. The normalized spacial score (nSPS) is 23.1. The summed E-state index contributed by atoms with van der Waals surface area (Å²) in [4.78, 5) is 21.5. The van der Waals surface area contributed by atoms with Gasteiger partial charge in [-0.05, 0) is 18.6 Å². The quantitative estimate of drug-likeness (QED) is 0.750. The van der Waals surface area contributed by atoms with E-state index in [-0.39, 0.29) is 18.0 Å². The van der Waals surface area contributed by atoms with Crippen LogP contribution in [0.25, 0.3) is 0 Å². The zero-order valence-electron chi connectivity index (χ0n) is 16.3. The summed E-state index contributed by atoms with van der Waals surface area (Å²) in [6.07, 6.45) is 4.52. The van der Waals surface area contributed by atoms with Crippen LogP contribution in [-0.2, 0) is 18.4 Å². The van der Waals surface area contributed by atoms with Crippen molar-refractivity contribution in [3.63, 3.8) is 0 Å². The van der Waals surface area contributed by atoms with Crippen LogP contribution in [0, 0.1) is 0 Å². The topological polar surface area (TPSA) is 74.7 Å². The van der Waals surface area contributed by atoms with Crippen molar-refractivity contribution in [2.24, 2.45) is 7.05 Å². The van der Waals surface area contributed by atoms with Crippen LogP contribution in [0.5, 0.6) is 5.75 Å². The molecule has 0 spiro atoms. The lowest BCUT2D eigenvalue weighted by Gasteiger charge is -2.35. The average molecular weight is 384 g/mol. The number of nitrogens with one attached hydrogen (secondary N) is 2. The van der Waals surface area contributed by atoms with Gasteiger partial charge in [-0.2, -0.15) is 0 Å². The van der Waals surface area contributed by atoms with Gasteiger partial charge in [0, 0.05) is 45.6 Å². The van der Waals surface area contributed by atoms with Gasteiger partial charge in [0.25, 0.3) is 0 Å². The molecule has 4 rings (SSSR count). The molecule has 2 N–H and O–H groups in total. The Morgan fingerprint density at radius 2 is 1.96 bits per heavy atom. The van der Waals surface area contributed by atoms with Gasteiger partial charge < -0.3 is 14.2 Å². The molecule has 28 heavy (non-hydrogen) atoms. The fourth-order valence-corrected chi connectivity index (χ4v) is 3.70. The third-order valence-corrected chi connectivity index (χ3v) is 5.44. The summed E-state index contributed by atoms with van der Waals surface area (Å²) in [5.41, 5.74) is 6.34. The zero-order valence-corrected chi connectivity index (χ0v) is 16.3. The minimum Gasteiger partial charge on any atom is -0.492 e. The Balaban J connectivity index is 1.20. The monoisotopic (exact) mass is 384 g/mol. The second kappa shape index (κ2) is 8.72. The molecule has 0 aliphatic carbocycles. The van der Waals surface area contributed by atoms with Crippen LogP contribution in [-0.4, -0.2) is 70.1 Å². The van der Waals surface area contributed by atoms with E-state index in [1.165, 1.54) is 0 Å². The van der Waals surface area contributed by atoms with Gasteiger partial charge in [0.05, 0.1) is 12.6 Å². The summed E-state index contributed by atoms with van der Waals surface area (Å²) in [5, 5.41) is 0. The van der Waals surface area contributed by atoms with E-state index >= 15 is 0 Å². The third-order valence-electron chi connectivity index (χ3n) is 5.44. The Morgan fingerprint density at radius 1 is 1.18 bits per heavy atom. The van der Waals surface area contributed by atoms with Crippen molar-refractivity contribution in [3.05, 3.63) is 48.5 Å². The number of ether oxygens (including phenoxy) is 1. The zero-order chi connectivity index (χ0) is 19.3. The number of aromatic nitrogens is 2. The van der Waals surface area contributed by atoms with E-state index in [0.29, 0.717) is 6.61 Å². The molecule has 1 aromatic heterocycles. The smallest absolute Gasteiger partial charge is 0.241 e. The molecule has 2 aromatic rings. The first kappa shape index (κ1) is 18.9. The summed E-state index contributed by atoms with van der Waals surface area (Å²) >= 11 is 0. The van der Waals surface area contributed by atoms with Crippen molar-refractivity contribution in [1.29, 1.82) is 0 Å². The number of imidazole rings is 1. The van der Waals surface area contributed by atoms with E-state index in [2.05, 4.69) is 20.7 Å². The highest BCUT2D eigenvalue weighted by Gasteiger charge is 2.33. The minimum atomic E-state index is -0.189. The summed E-state index contributed by atoms with van der Waals surface area (Å²) < 4.78 is 7.84. The number of carbonyl (C=O) groups is 1. The summed E-state index contributed by atoms with van der Waals surface area (Å²) in [6.45, 7) is 4.63. The maximum absolute atomic E-state index is 12.8. The molecular formula is C20H28N6O2. The van der Waals surface area contributed by atoms with Gasteiger partial charge >= 0.3 is 0 Å². The van der Waals surface area contributed by atoms with Crippen LogP contribution in [0.2, 0.25) is 0 Å². The third kappa shape index (κ3) is 4.52. The Labute approximate surface area is 165 Å². The highest BCUT2D eigenvalue weighted by Crippen LogP contribution is 2.14. The van der Waals surface area contributed by atoms with E-state index in [0.717, 1.165) is 50.7 Å². The van der Waals surface area contributed by atoms with Crippen molar-refractivity contribution in [2.75, 3.05) is 32.8 Å². The van der Waals surface area contributed by atoms with Gasteiger partial charge in [0.1, 0.15) is 24.2 Å². The lowest BCUT2D eigenvalue weighted by atomic mass is 10.1. The molecule has 1 aromatic carbocycles. The van der Waals surface area contributed by atoms with Crippen LogP contribution in [0.4, 0.5) is 0 Å². The molecular weight excluding hydrogens is 356 g/mol. The number of carbonyl (C=O) groups excluding carboxylic acids is 1. The molecule has 8 nitrogen and oxygen atoms in total. The van der Waals surface area contributed by atoms with Crippen LogP contribution in [0.1, 0.15) is 12.2 Å². The SMILES string of the molecule is Cn1ccnc1CN1CCN(C(=O)C2CC(COc3ccccc3)NN2)CC1. The van der Waals surface area contributed by atoms with Gasteiger partial charge in [-0.15, -0.1) is 0 Å². The second-order valence-electron chi connectivity index (χ2n) is 7.45. The van der Waals surface area contributed by atoms with Crippen molar-refractivity contribution < 1.29 is 9.53 Å². The lowest BCUT2D eigenvalue weighted by molar-refractivity contribution is -0.135. The Kier molecular flexibility index (Phi) is 5.90. The standard InChI is InChI=1S/C20H28N6O2/c1-24-8-7-21-19(24)14-25-9-11-26(12-10-25)20(27)18-13-16(22-23-18)15-28-17-5-3-2-4-6-17/h2-8,16,18,22-23H,9-15H2,1H3. The molecule has 2 aliphatic heterocycles. The molecule has 0 radical (unpaired) electrons. The molecule has 0 saturated carbocycles. The van der Waals surface area contributed by atoms with E-state index in [1.807, 2.05) is 59.2 Å². The molecule has 150 valence electrons. The number of hydrogen-bond donors (Lipinski definition) is 2. The number of nitrogens with zero attached hydrogens (tertiary/aromatic N) is 4. The lowest BCUT2D eigenvalue weighted by Crippen LogP contribution is -2.53. The molecule has 1 amide bonds. The predicted molar refractivity (Wildman–Crippen MR) is 105 cm³/mol. The summed E-state index contributed by atoms with van der Waals surface area (Å²) in [6, 6.07) is 9.69. The predicted octanol–water partition coefficient (Wildman–Crippen LogP) is 0.378. The summed E-state index contributed by atoms with van der Waals surface area (Å²) in [7, 11) is 2.01. The van der Waals surface area contributed by atoms with E-state index in [1.54, 1.807) is 0 Å². The average Bonchev–Trinajstić information content (AvgIpc) is 3.37. The van der Waals surface area contributed by atoms with E-state index in [9.17, 15) is 4.79 Å². The Hall–Kier alpha value is -2.42. The van der Waals surface area contributed by atoms with Gasteiger partial charge in [0.2, 0.25) is 5.91 Å². The number of hydrazine groups is 1. The minimum absolute atomic E-state index is 0.124. The highest BCUT2D eigenvalue weighted by atomic mass is 16.5. The van der Waals surface area contributed by atoms with Gasteiger partial charge in [-0.25, -0.2) is 10.4 Å². The van der Waals surface area contributed by atoms with Gasteiger partial charge in [-0.1, -0.05) is 18.2 Å². The Bertz CT molecular complexity index is 772. The summed E-state index contributed by atoms with van der Waals surface area (Å²) in [5.74, 6) is 2.08. The first-order chi connectivity index (χ1) is 13.7. The van der Waals surface area contributed by atoms with Crippen molar-refractivity contribution in [3.8, 4) is 5.75 Å². The molecule has 2 atom stereocenters. The van der Waals surface area contributed by atoms with Crippen molar-refractivity contribution in [1.82, 2.24) is 30.2 Å². The maximum Gasteiger partial charge on any atom is 0.241 e. The second-order valence-corrected chi connectivity index (χ2v) is 7.45. The van der Waals surface area contributed by atoms with Crippen LogP contribution in [0.3, 0.4) is 0 Å². The molecule has 2 aliphatic rings. The number of piperazine rings is 1. The number of para-hydroxylation sites is 1. The Morgan fingerprint density at radius 3 is 2.68 bits per heavy atom. The van der Waals surface area contributed by atoms with Crippen LogP contribution < -0.4 is 15.6 Å². The van der Waals surface area contributed by atoms with Crippen molar-refractivity contribution in [2.45, 2.75) is 25.0 Å². The van der Waals surface area contributed by atoms with E-state index in [4.69, 9.17) is 4.74 Å². The molecule has 2 fully saturated rings. The first-order valence-electron chi connectivity index (χ1n) is 9.85. The number of hydrogen-bond acceptors (Lipinski definition) is 6. The molecule has 8 heteroatoms. The van der Waals surface area contributed by atoms with E-state index < -0.39 is 0 Å². The largest absolute Gasteiger partial charge is 0.492 e.